The fourth-order valence-electron chi connectivity index (χ4n) is 0.878. The maximum Gasteiger partial charge on any atom is 0.175 e. The summed E-state index contributed by atoms with van der Waals surface area (Å²) in [5, 5.41) is 1.89. The van der Waals surface area contributed by atoms with Crippen LogP contribution in [-0.4, -0.2) is 11.8 Å². The summed E-state index contributed by atoms with van der Waals surface area (Å²) in [6, 6.07) is 1.81. The zero-order chi connectivity index (χ0) is 9.14. The average molecular weight is 248 g/mol. The van der Waals surface area contributed by atoms with Gasteiger partial charge in [0.05, 0.1) is 4.88 Å². The maximum atomic E-state index is 11.4. The Kier molecular flexibility index (Phi) is 3.43. The second kappa shape index (κ2) is 4.16. The van der Waals surface area contributed by atoms with Crippen molar-refractivity contribution in [2.75, 3.05) is 0 Å². The third-order valence-electron chi connectivity index (χ3n) is 1.38. The zero-order valence-corrected chi connectivity index (χ0v) is 9.11. The topological polar surface area (TPSA) is 43.1 Å². The first-order valence-electron chi connectivity index (χ1n) is 3.63. The third-order valence-corrected chi connectivity index (χ3v) is 3.26. The van der Waals surface area contributed by atoms with Crippen LogP contribution in [0.25, 0.3) is 0 Å². The average Bonchev–Trinajstić information content (AvgIpc) is 2.33. The van der Waals surface area contributed by atoms with Gasteiger partial charge in [-0.2, -0.15) is 0 Å². The van der Waals surface area contributed by atoms with Gasteiger partial charge in [0.1, 0.15) is 0 Å². The molecule has 1 unspecified atom stereocenters. The lowest BCUT2D eigenvalue weighted by Gasteiger charge is -2.01. The van der Waals surface area contributed by atoms with Crippen molar-refractivity contribution in [3.63, 3.8) is 0 Å². The molecule has 0 aliphatic rings. The molecule has 0 saturated heterocycles. The standard InChI is InChI=1S/C8H10BrNOS/c1-5(10)4-7(11)8-6(9)2-3-12-8/h2-3,5H,4,10H2,1H3. The first-order valence-corrected chi connectivity index (χ1v) is 5.30. The quantitative estimate of drug-likeness (QED) is 0.835. The molecule has 2 N–H and O–H groups in total. The second-order valence-electron chi connectivity index (χ2n) is 2.70. The van der Waals surface area contributed by atoms with E-state index in [1.54, 1.807) is 0 Å². The van der Waals surface area contributed by atoms with Crippen LogP contribution in [0.5, 0.6) is 0 Å². The van der Waals surface area contributed by atoms with Gasteiger partial charge in [-0.05, 0) is 34.3 Å². The van der Waals surface area contributed by atoms with Gasteiger partial charge in [-0.15, -0.1) is 11.3 Å². The van der Waals surface area contributed by atoms with Gasteiger partial charge in [0.2, 0.25) is 0 Å². The van der Waals surface area contributed by atoms with E-state index in [1.807, 2.05) is 18.4 Å². The molecular weight excluding hydrogens is 238 g/mol. The number of ketones is 1. The lowest BCUT2D eigenvalue weighted by molar-refractivity contribution is 0.0980. The summed E-state index contributed by atoms with van der Waals surface area (Å²) in [4.78, 5) is 12.2. The minimum Gasteiger partial charge on any atom is -0.328 e. The molecule has 1 rings (SSSR count). The first-order chi connectivity index (χ1) is 5.61. The number of thiophene rings is 1. The number of rotatable bonds is 3. The Morgan fingerprint density at radius 2 is 2.50 bits per heavy atom. The van der Waals surface area contributed by atoms with Crippen molar-refractivity contribution in [2.45, 2.75) is 19.4 Å². The van der Waals surface area contributed by atoms with Crippen LogP contribution in [-0.2, 0) is 0 Å². The summed E-state index contributed by atoms with van der Waals surface area (Å²) in [5.74, 6) is 0.117. The van der Waals surface area contributed by atoms with Gasteiger partial charge >= 0.3 is 0 Å². The minimum atomic E-state index is -0.0634. The normalized spacial score (nSPS) is 12.9. The molecule has 0 amide bonds. The van der Waals surface area contributed by atoms with Crippen LogP contribution in [0.3, 0.4) is 0 Å². The van der Waals surface area contributed by atoms with Crippen LogP contribution in [0.4, 0.5) is 0 Å². The molecule has 0 fully saturated rings. The van der Waals surface area contributed by atoms with Crippen LogP contribution in [0.1, 0.15) is 23.0 Å². The van der Waals surface area contributed by atoms with Crippen LogP contribution >= 0.6 is 27.3 Å². The molecule has 66 valence electrons. The van der Waals surface area contributed by atoms with E-state index in [4.69, 9.17) is 5.73 Å². The lowest BCUT2D eigenvalue weighted by Crippen LogP contribution is -2.19. The van der Waals surface area contributed by atoms with Crippen molar-refractivity contribution < 1.29 is 4.79 Å². The molecule has 1 aromatic heterocycles. The van der Waals surface area contributed by atoms with Crippen molar-refractivity contribution in [1.29, 1.82) is 0 Å². The molecule has 0 bridgehead atoms. The molecule has 0 spiro atoms. The summed E-state index contributed by atoms with van der Waals surface area (Å²) >= 11 is 4.75. The number of carbonyl (C=O) groups is 1. The number of nitrogens with two attached hydrogens (primary N) is 1. The summed E-state index contributed by atoms with van der Waals surface area (Å²) in [6.45, 7) is 1.83. The Balaban J connectivity index is 2.72. The van der Waals surface area contributed by atoms with Gasteiger partial charge in [0, 0.05) is 16.9 Å². The second-order valence-corrected chi connectivity index (χ2v) is 4.47. The maximum absolute atomic E-state index is 11.4. The van der Waals surface area contributed by atoms with Crippen LogP contribution in [0.2, 0.25) is 0 Å². The highest BCUT2D eigenvalue weighted by atomic mass is 79.9. The third kappa shape index (κ3) is 2.40. The molecule has 0 aliphatic carbocycles. The predicted molar refractivity (Wildman–Crippen MR) is 54.6 cm³/mol. The molecule has 2 nitrogen and oxygen atoms in total. The fraction of sp³-hybridized carbons (Fsp3) is 0.375. The molecule has 1 atom stereocenters. The van der Waals surface area contributed by atoms with Crippen molar-refractivity contribution in [3.8, 4) is 0 Å². The summed E-state index contributed by atoms with van der Waals surface area (Å²) < 4.78 is 0.873. The number of halogens is 1. The van der Waals surface area contributed by atoms with E-state index >= 15 is 0 Å². The number of carbonyl (C=O) groups excluding carboxylic acids is 1. The Bertz CT molecular complexity index is 282. The van der Waals surface area contributed by atoms with Gasteiger partial charge in [-0.3, -0.25) is 4.79 Å². The van der Waals surface area contributed by atoms with Gasteiger partial charge in [0.15, 0.2) is 5.78 Å². The zero-order valence-electron chi connectivity index (χ0n) is 6.71. The number of hydrogen-bond acceptors (Lipinski definition) is 3. The van der Waals surface area contributed by atoms with E-state index in [-0.39, 0.29) is 11.8 Å². The lowest BCUT2D eigenvalue weighted by atomic mass is 10.1. The van der Waals surface area contributed by atoms with Gasteiger partial charge < -0.3 is 5.73 Å². The SMILES string of the molecule is CC(N)CC(=O)c1sccc1Br. The number of Topliss-reactive ketones (excluding diaryl/α,β-unsaturated/α-hetero) is 1. The van der Waals surface area contributed by atoms with Crippen molar-refractivity contribution in [2.24, 2.45) is 5.73 Å². The highest BCUT2D eigenvalue weighted by Gasteiger charge is 2.12. The van der Waals surface area contributed by atoms with Gasteiger partial charge in [0.25, 0.3) is 0 Å². The van der Waals surface area contributed by atoms with Gasteiger partial charge in [-0.1, -0.05) is 0 Å². The largest absolute Gasteiger partial charge is 0.328 e. The van der Waals surface area contributed by atoms with Crippen molar-refractivity contribution >= 4 is 33.0 Å². The van der Waals surface area contributed by atoms with Crippen LogP contribution in [0.15, 0.2) is 15.9 Å². The van der Waals surface area contributed by atoms with E-state index in [9.17, 15) is 4.79 Å². The molecule has 0 aliphatic heterocycles. The fourth-order valence-corrected chi connectivity index (χ4v) is 2.42. The monoisotopic (exact) mass is 247 g/mol. The van der Waals surface area contributed by atoms with Crippen molar-refractivity contribution in [1.82, 2.24) is 0 Å². The summed E-state index contributed by atoms with van der Waals surface area (Å²) in [5.41, 5.74) is 5.52. The Labute approximate surface area is 83.9 Å². The number of hydrogen-bond donors (Lipinski definition) is 1. The molecule has 1 heterocycles. The Morgan fingerprint density at radius 1 is 1.83 bits per heavy atom. The highest BCUT2D eigenvalue weighted by molar-refractivity contribution is 9.10. The Hall–Kier alpha value is -0.190. The van der Waals surface area contributed by atoms with E-state index in [0.29, 0.717) is 6.42 Å². The van der Waals surface area contributed by atoms with E-state index in [2.05, 4.69) is 15.9 Å². The molecule has 1 aromatic rings. The first kappa shape index (κ1) is 9.89. The smallest absolute Gasteiger partial charge is 0.175 e. The predicted octanol–water partition coefficient (Wildman–Crippen LogP) is 2.43. The molecule has 4 heteroatoms. The molecule has 0 saturated carbocycles. The van der Waals surface area contributed by atoms with E-state index in [0.717, 1.165) is 9.35 Å². The summed E-state index contributed by atoms with van der Waals surface area (Å²) in [7, 11) is 0. The van der Waals surface area contributed by atoms with Crippen LogP contribution < -0.4 is 5.73 Å². The molecule has 12 heavy (non-hydrogen) atoms. The Morgan fingerprint density at radius 3 is 2.92 bits per heavy atom. The van der Waals surface area contributed by atoms with Crippen LogP contribution in [0, 0.1) is 0 Å². The molecule has 0 radical (unpaired) electrons. The van der Waals surface area contributed by atoms with E-state index in [1.165, 1.54) is 11.3 Å². The summed E-state index contributed by atoms with van der Waals surface area (Å²) in [6.07, 6.45) is 0.416. The highest BCUT2D eigenvalue weighted by Crippen LogP contribution is 2.24. The van der Waals surface area contributed by atoms with Crippen molar-refractivity contribution in [3.05, 3.63) is 20.8 Å². The minimum absolute atomic E-state index is 0.0634. The van der Waals surface area contributed by atoms with Gasteiger partial charge in [-0.25, -0.2) is 0 Å². The molecule has 0 aromatic carbocycles. The molecular formula is C8H10BrNOS. The van der Waals surface area contributed by atoms with E-state index < -0.39 is 0 Å².